The predicted octanol–water partition coefficient (Wildman–Crippen LogP) is 2.02. The second kappa shape index (κ2) is 6.41. The van der Waals surface area contributed by atoms with Gasteiger partial charge in [-0.25, -0.2) is 4.98 Å². The lowest BCUT2D eigenvalue weighted by atomic mass is 9.85. The number of hydrogen-bond acceptors (Lipinski definition) is 5. The van der Waals surface area contributed by atoms with Crippen molar-refractivity contribution in [3.8, 4) is 5.13 Å². The zero-order chi connectivity index (χ0) is 19.4. The molecule has 3 amide bonds. The second-order valence-electron chi connectivity index (χ2n) is 7.57. The third-order valence-electron chi connectivity index (χ3n) is 5.86. The number of imide groups is 1. The number of hydrogen-bond donors (Lipinski definition) is 0. The molecule has 2 atom stereocenters. The first kappa shape index (κ1) is 17.4. The van der Waals surface area contributed by atoms with Gasteiger partial charge < -0.3 is 9.47 Å². The third kappa shape index (κ3) is 2.55. The molecule has 0 radical (unpaired) electrons. The summed E-state index contributed by atoms with van der Waals surface area (Å²) in [5, 5.41) is 0.754. The fraction of sp³-hybridized carbons (Fsp3) is 0.400. The number of allylic oxidation sites excluding steroid dienone is 2. The number of nitrogens with zero attached hydrogens (tertiary/aromatic N) is 4. The van der Waals surface area contributed by atoms with E-state index in [4.69, 9.17) is 0 Å². The lowest BCUT2D eigenvalue weighted by molar-refractivity contribution is -0.145. The van der Waals surface area contributed by atoms with E-state index in [-0.39, 0.29) is 35.6 Å². The number of amides is 3. The Morgan fingerprint density at radius 2 is 1.68 bits per heavy atom. The molecule has 2 fully saturated rings. The van der Waals surface area contributed by atoms with Gasteiger partial charge in [-0.3, -0.25) is 19.3 Å². The quantitative estimate of drug-likeness (QED) is 0.588. The monoisotopic (exact) mass is 396 g/mol. The van der Waals surface area contributed by atoms with Gasteiger partial charge in [0.25, 0.3) is 5.91 Å². The molecule has 7 nitrogen and oxygen atoms in total. The van der Waals surface area contributed by atoms with Gasteiger partial charge >= 0.3 is 0 Å². The lowest BCUT2D eigenvalue weighted by Gasteiger charge is -2.43. The maximum absolute atomic E-state index is 12.9. The maximum Gasteiger partial charge on any atom is 0.266 e. The smallest absolute Gasteiger partial charge is 0.266 e. The minimum absolute atomic E-state index is 0.0692. The molecule has 28 heavy (non-hydrogen) atoms. The van der Waals surface area contributed by atoms with Crippen molar-refractivity contribution in [2.24, 2.45) is 11.8 Å². The first-order valence-electron chi connectivity index (χ1n) is 9.46. The number of aryl methyl sites for hydroxylation is 1. The molecular weight excluding hydrogens is 376 g/mol. The van der Waals surface area contributed by atoms with Gasteiger partial charge in [0.2, 0.25) is 11.8 Å². The highest BCUT2D eigenvalue weighted by Crippen LogP contribution is 2.38. The van der Waals surface area contributed by atoms with E-state index in [0.717, 1.165) is 5.13 Å². The van der Waals surface area contributed by atoms with Crippen LogP contribution in [0.3, 0.4) is 0 Å². The second-order valence-corrected chi connectivity index (χ2v) is 8.55. The fourth-order valence-electron chi connectivity index (χ4n) is 4.27. The van der Waals surface area contributed by atoms with E-state index in [0.29, 0.717) is 36.5 Å². The van der Waals surface area contributed by atoms with Gasteiger partial charge in [0.1, 0.15) is 4.88 Å². The van der Waals surface area contributed by atoms with Crippen molar-refractivity contribution in [1.29, 1.82) is 0 Å². The van der Waals surface area contributed by atoms with E-state index >= 15 is 0 Å². The first-order chi connectivity index (χ1) is 13.5. The van der Waals surface area contributed by atoms with Gasteiger partial charge in [0.15, 0.2) is 5.13 Å². The Kier molecular flexibility index (Phi) is 3.97. The van der Waals surface area contributed by atoms with Crippen molar-refractivity contribution >= 4 is 29.1 Å². The molecule has 2 aliphatic heterocycles. The molecule has 0 bridgehead atoms. The van der Waals surface area contributed by atoms with Crippen molar-refractivity contribution in [2.45, 2.75) is 25.8 Å². The maximum atomic E-state index is 12.9. The summed E-state index contributed by atoms with van der Waals surface area (Å²) < 4.78 is 1.88. The zero-order valence-corrected chi connectivity index (χ0v) is 16.3. The van der Waals surface area contributed by atoms with Crippen LogP contribution in [0.15, 0.2) is 36.7 Å². The van der Waals surface area contributed by atoms with Gasteiger partial charge in [-0.2, -0.15) is 0 Å². The molecule has 0 saturated carbocycles. The van der Waals surface area contributed by atoms with Gasteiger partial charge in [-0.15, -0.1) is 0 Å². The molecule has 8 heteroatoms. The summed E-state index contributed by atoms with van der Waals surface area (Å²) in [5.41, 5.74) is 0.701. The largest absolute Gasteiger partial charge is 0.334 e. The topological polar surface area (TPSA) is 75.5 Å². The number of likely N-dealkylation sites (tertiary alicyclic amines) is 2. The Morgan fingerprint density at radius 3 is 2.29 bits per heavy atom. The Hall–Kier alpha value is -2.74. The number of aromatic nitrogens is 2. The molecule has 1 aliphatic carbocycles. The van der Waals surface area contributed by atoms with Crippen LogP contribution in [0, 0.1) is 18.8 Å². The molecular formula is C20H20N4O3S. The predicted molar refractivity (Wildman–Crippen MR) is 103 cm³/mol. The average Bonchev–Trinajstić information content (AvgIpc) is 3.36. The number of carbonyl (C=O) groups excluding carboxylic acids is 3. The summed E-state index contributed by atoms with van der Waals surface area (Å²) in [6, 6.07) is 3.62. The van der Waals surface area contributed by atoms with Crippen molar-refractivity contribution in [2.75, 3.05) is 13.1 Å². The summed E-state index contributed by atoms with van der Waals surface area (Å²) in [6.45, 7) is 2.64. The van der Waals surface area contributed by atoms with Gasteiger partial charge in [0, 0.05) is 25.5 Å². The minimum Gasteiger partial charge on any atom is -0.334 e. The minimum atomic E-state index is -0.213. The summed E-state index contributed by atoms with van der Waals surface area (Å²) >= 11 is 1.36. The van der Waals surface area contributed by atoms with Crippen LogP contribution in [0.4, 0.5) is 0 Å². The van der Waals surface area contributed by atoms with Crippen LogP contribution in [0.5, 0.6) is 0 Å². The van der Waals surface area contributed by atoms with Crippen LogP contribution in [-0.4, -0.2) is 56.2 Å². The van der Waals surface area contributed by atoms with Crippen LogP contribution >= 0.6 is 11.3 Å². The van der Waals surface area contributed by atoms with Crippen LogP contribution in [0.25, 0.3) is 5.13 Å². The Labute approximate surface area is 166 Å². The standard InChI is InChI=1S/C20H20N4O3S/c1-12-16(28-20(21-12)22-8-4-5-9-22)19(27)23-10-13(11-23)24-17(25)14-6-2-3-7-15(14)18(24)26/h2-5,8-9,13-15H,6-7,10-11H2,1H3. The molecule has 0 spiro atoms. The van der Waals surface area contributed by atoms with Gasteiger partial charge in [-0.1, -0.05) is 23.5 Å². The summed E-state index contributed by atoms with van der Waals surface area (Å²) in [6.07, 6.45) is 9.05. The van der Waals surface area contributed by atoms with Crippen molar-refractivity contribution < 1.29 is 14.4 Å². The summed E-state index contributed by atoms with van der Waals surface area (Å²) in [4.78, 5) is 46.5. The third-order valence-corrected chi connectivity index (χ3v) is 7.02. The Balaban J connectivity index is 1.28. The highest BCUT2D eigenvalue weighted by atomic mass is 32.1. The lowest BCUT2D eigenvalue weighted by Crippen LogP contribution is -2.62. The number of rotatable bonds is 3. The van der Waals surface area contributed by atoms with E-state index in [9.17, 15) is 14.4 Å². The molecule has 2 aromatic heterocycles. The average molecular weight is 396 g/mol. The molecule has 2 saturated heterocycles. The Bertz CT molecular complexity index is 961. The normalized spacial score (nSPS) is 24.6. The van der Waals surface area contributed by atoms with E-state index in [1.54, 1.807) is 4.90 Å². The van der Waals surface area contributed by atoms with Crippen LogP contribution in [-0.2, 0) is 9.59 Å². The van der Waals surface area contributed by atoms with E-state index in [1.807, 2.05) is 48.2 Å². The molecule has 4 heterocycles. The van der Waals surface area contributed by atoms with Gasteiger partial charge in [0.05, 0.1) is 23.6 Å². The fourth-order valence-corrected chi connectivity index (χ4v) is 5.27. The van der Waals surface area contributed by atoms with E-state index in [2.05, 4.69) is 4.98 Å². The molecule has 0 N–H and O–H groups in total. The molecule has 2 unspecified atom stereocenters. The molecule has 2 aromatic rings. The van der Waals surface area contributed by atoms with Crippen molar-refractivity contribution in [1.82, 2.24) is 19.4 Å². The van der Waals surface area contributed by atoms with Crippen LogP contribution < -0.4 is 0 Å². The highest BCUT2D eigenvalue weighted by Gasteiger charge is 2.52. The molecule has 144 valence electrons. The number of fused-ring (bicyclic) bond motifs is 1. The van der Waals surface area contributed by atoms with E-state index < -0.39 is 0 Å². The molecule has 0 aromatic carbocycles. The molecule has 5 rings (SSSR count). The molecule has 3 aliphatic rings. The SMILES string of the molecule is Cc1nc(-n2cccc2)sc1C(=O)N1CC(N2C(=O)C3CC=CCC3C2=O)C1. The van der Waals surface area contributed by atoms with E-state index in [1.165, 1.54) is 16.2 Å². The van der Waals surface area contributed by atoms with Gasteiger partial charge in [-0.05, 0) is 31.9 Å². The zero-order valence-electron chi connectivity index (χ0n) is 15.4. The van der Waals surface area contributed by atoms with Crippen molar-refractivity contribution in [3.05, 3.63) is 47.2 Å². The summed E-state index contributed by atoms with van der Waals surface area (Å²) in [7, 11) is 0. The summed E-state index contributed by atoms with van der Waals surface area (Å²) in [5.74, 6) is -0.645. The van der Waals surface area contributed by atoms with Crippen molar-refractivity contribution in [3.63, 3.8) is 0 Å². The number of thiazole rings is 1. The Morgan fingerprint density at radius 1 is 1.07 bits per heavy atom. The first-order valence-corrected chi connectivity index (χ1v) is 10.3. The van der Waals surface area contributed by atoms with Crippen LogP contribution in [0.2, 0.25) is 0 Å². The highest BCUT2D eigenvalue weighted by molar-refractivity contribution is 7.16. The van der Waals surface area contributed by atoms with Crippen LogP contribution in [0.1, 0.15) is 28.2 Å². The number of carbonyl (C=O) groups is 3.